The normalized spacial score (nSPS) is 16.4. The average molecular weight is 429 g/mol. The molecule has 2 aliphatic rings. The minimum absolute atomic E-state index is 0.140. The van der Waals surface area contributed by atoms with Crippen molar-refractivity contribution >= 4 is 51.9 Å². The molecule has 0 spiro atoms. The number of nitro groups is 1. The summed E-state index contributed by atoms with van der Waals surface area (Å²) in [5, 5.41) is 11.7. The summed E-state index contributed by atoms with van der Waals surface area (Å²) in [7, 11) is 0. The average Bonchev–Trinajstić information content (AvgIpc) is 3.27. The van der Waals surface area contributed by atoms with Gasteiger partial charge in [-0.25, -0.2) is 0 Å². The molecule has 2 amide bonds. The van der Waals surface area contributed by atoms with Gasteiger partial charge in [0.25, 0.3) is 17.5 Å². The minimum atomic E-state index is -0.611. The topological polar surface area (TPSA) is 111 Å². The molecule has 146 valence electrons. The Kier molecular flexibility index (Phi) is 4.91. The van der Waals surface area contributed by atoms with Gasteiger partial charge in [0.2, 0.25) is 6.79 Å². The van der Waals surface area contributed by atoms with Crippen molar-refractivity contribution in [3.8, 4) is 11.5 Å². The second-order valence-corrected chi connectivity index (χ2v) is 7.55. The molecule has 0 radical (unpaired) electrons. The number of hydrazine groups is 1. The largest absolute Gasteiger partial charge is 0.454 e. The predicted octanol–water partition coefficient (Wildman–Crippen LogP) is 2.87. The lowest BCUT2D eigenvalue weighted by Crippen LogP contribution is -2.44. The Hall–Kier alpha value is -3.44. The Balaban J connectivity index is 1.49. The van der Waals surface area contributed by atoms with Gasteiger partial charge < -0.3 is 9.47 Å². The molecule has 9 nitrogen and oxygen atoms in total. The Labute approximate surface area is 173 Å². The van der Waals surface area contributed by atoms with Crippen LogP contribution in [-0.4, -0.2) is 32.9 Å². The van der Waals surface area contributed by atoms with Crippen molar-refractivity contribution in [3.05, 3.63) is 68.6 Å². The van der Waals surface area contributed by atoms with Gasteiger partial charge in [0, 0.05) is 17.7 Å². The number of nitrogens with zero attached hydrogens (tertiary/aromatic N) is 2. The highest BCUT2D eigenvalue weighted by Crippen LogP contribution is 2.36. The number of ether oxygens (including phenoxy) is 2. The van der Waals surface area contributed by atoms with E-state index in [1.807, 2.05) is 0 Å². The van der Waals surface area contributed by atoms with Crippen LogP contribution in [0, 0.1) is 10.1 Å². The number of nitro benzene ring substituents is 1. The number of thiocarbonyl (C=S) groups is 1. The first-order valence-corrected chi connectivity index (χ1v) is 9.38. The van der Waals surface area contributed by atoms with Crippen LogP contribution in [0.4, 0.5) is 5.69 Å². The Morgan fingerprint density at radius 2 is 1.93 bits per heavy atom. The van der Waals surface area contributed by atoms with E-state index >= 15 is 0 Å². The van der Waals surface area contributed by atoms with E-state index in [4.69, 9.17) is 21.7 Å². The zero-order valence-electron chi connectivity index (χ0n) is 14.5. The number of carbonyl (C=O) groups is 2. The summed E-state index contributed by atoms with van der Waals surface area (Å²) in [5.41, 5.74) is 3.16. The number of carbonyl (C=O) groups excluding carboxylic acids is 2. The highest BCUT2D eigenvalue weighted by Gasteiger charge is 2.34. The molecular weight excluding hydrogens is 418 g/mol. The van der Waals surface area contributed by atoms with Crippen molar-refractivity contribution in [2.24, 2.45) is 0 Å². The van der Waals surface area contributed by atoms with E-state index in [2.05, 4.69) is 5.43 Å². The number of benzene rings is 2. The molecule has 2 aromatic carbocycles. The number of nitrogens with one attached hydrogen (secondary N) is 1. The van der Waals surface area contributed by atoms with E-state index in [-0.39, 0.29) is 22.4 Å². The second-order valence-electron chi connectivity index (χ2n) is 5.87. The van der Waals surface area contributed by atoms with Crippen molar-refractivity contribution < 1.29 is 24.0 Å². The molecule has 29 heavy (non-hydrogen) atoms. The fourth-order valence-electron chi connectivity index (χ4n) is 2.62. The number of hydrogen-bond donors (Lipinski definition) is 1. The zero-order chi connectivity index (χ0) is 20.5. The maximum atomic E-state index is 12.7. The highest BCUT2D eigenvalue weighted by molar-refractivity contribution is 8.26. The van der Waals surface area contributed by atoms with E-state index in [0.29, 0.717) is 16.4 Å². The Bertz CT molecular complexity index is 1080. The van der Waals surface area contributed by atoms with Crippen LogP contribution in [0.2, 0.25) is 0 Å². The monoisotopic (exact) mass is 429 g/mol. The van der Waals surface area contributed by atoms with Gasteiger partial charge in [-0.2, -0.15) is 5.01 Å². The predicted molar refractivity (Wildman–Crippen MR) is 108 cm³/mol. The maximum Gasteiger partial charge on any atom is 0.285 e. The van der Waals surface area contributed by atoms with Crippen LogP contribution in [-0.2, 0) is 4.79 Å². The van der Waals surface area contributed by atoms with Gasteiger partial charge in [0.15, 0.2) is 15.8 Å². The van der Waals surface area contributed by atoms with E-state index in [1.165, 1.54) is 24.3 Å². The summed E-state index contributed by atoms with van der Waals surface area (Å²) in [4.78, 5) is 35.5. The molecular formula is C18H11N3O6S2. The number of amides is 2. The van der Waals surface area contributed by atoms with Crippen LogP contribution in [0.3, 0.4) is 0 Å². The first-order chi connectivity index (χ1) is 13.9. The zero-order valence-corrected chi connectivity index (χ0v) is 16.1. The van der Waals surface area contributed by atoms with Crippen molar-refractivity contribution in [1.82, 2.24) is 10.4 Å². The number of fused-ring (bicyclic) bond motifs is 1. The van der Waals surface area contributed by atoms with Gasteiger partial charge in [-0.15, -0.1) is 0 Å². The number of thioether (sulfide) groups is 1. The molecule has 1 N–H and O–H groups in total. The fraction of sp³-hybridized carbons (Fsp3) is 0.0556. The summed E-state index contributed by atoms with van der Waals surface area (Å²) in [6.07, 6.45) is 1.64. The third kappa shape index (κ3) is 3.77. The lowest BCUT2D eigenvalue weighted by atomic mass is 10.2. The molecule has 2 heterocycles. The van der Waals surface area contributed by atoms with Gasteiger partial charge in [0.05, 0.1) is 9.83 Å². The summed E-state index contributed by atoms with van der Waals surface area (Å²) in [5.74, 6) is 0.124. The third-order valence-corrected chi connectivity index (χ3v) is 5.34. The minimum Gasteiger partial charge on any atom is -0.454 e. The molecule has 0 aliphatic carbocycles. The van der Waals surface area contributed by atoms with Gasteiger partial charge in [-0.3, -0.25) is 25.1 Å². The second kappa shape index (κ2) is 7.53. The molecule has 0 saturated carbocycles. The quantitative estimate of drug-likeness (QED) is 0.342. The molecule has 0 bridgehead atoms. The molecule has 0 unspecified atom stereocenters. The fourth-order valence-corrected chi connectivity index (χ4v) is 3.80. The van der Waals surface area contributed by atoms with E-state index in [0.717, 1.165) is 22.3 Å². The number of hydrogen-bond acceptors (Lipinski definition) is 8. The molecule has 1 saturated heterocycles. The first kappa shape index (κ1) is 18.9. The first-order valence-electron chi connectivity index (χ1n) is 8.15. The van der Waals surface area contributed by atoms with Crippen molar-refractivity contribution in [3.63, 3.8) is 0 Å². The number of non-ortho nitro benzene ring substituents is 1. The van der Waals surface area contributed by atoms with Gasteiger partial charge in [0.1, 0.15) is 0 Å². The van der Waals surface area contributed by atoms with Crippen LogP contribution in [0.5, 0.6) is 11.5 Å². The Morgan fingerprint density at radius 3 is 2.66 bits per heavy atom. The standard InChI is InChI=1S/C18H11N3O6S2/c22-16(11-2-4-12(5-3-11)21(24)25)19-20-17(23)15(29-18(20)28)8-10-1-6-13-14(7-10)27-9-26-13/h1-8H,9H2,(H,19,22)/b15-8+. The molecule has 4 rings (SSSR count). The van der Waals surface area contributed by atoms with Gasteiger partial charge in [-0.05, 0) is 48.1 Å². The summed E-state index contributed by atoms with van der Waals surface area (Å²) in [6.45, 7) is 0.148. The van der Waals surface area contributed by atoms with E-state index in [1.54, 1.807) is 24.3 Å². The molecule has 2 aliphatic heterocycles. The molecule has 0 aromatic heterocycles. The smallest absolute Gasteiger partial charge is 0.285 e. The summed E-state index contributed by atoms with van der Waals surface area (Å²) in [6, 6.07) is 10.3. The lowest BCUT2D eigenvalue weighted by Gasteiger charge is -2.15. The summed E-state index contributed by atoms with van der Waals surface area (Å²) < 4.78 is 10.7. The molecule has 11 heteroatoms. The van der Waals surface area contributed by atoms with Crippen molar-refractivity contribution in [2.75, 3.05) is 6.79 Å². The van der Waals surface area contributed by atoms with Crippen molar-refractivity contribution in [2.45, 2.75) is 0 Å². The Morgan fingerprint density at radius 1 is 1.21 bits per heavy atom. The molecule has 2 aromatic rings. The SMILES string of the molecule is O=C(NN1C(=O)/C(=C\c2ccc3c(c2)OCO3)SC1=S)c1ccc([N+](=O)[O-])cc1. The summed E-state index contributed by atoms with van der Waals surface area (Å²) >= 11 is 6.24. The van der Waals surface area contributed by atoms with Crippen LogP contribution >= 0.6 is 24.0 Å². The third-order valence-electron chi connectivity index (χ3n) is 4.04. The molecule has 1 fully saturated rings. The van der Waals surface area contributed by atoms with Crippen LogP contribution in [0.25, 0.3) is 6.08 Å². The number of rotatable bonds is 4. The van der Waals surface area contributed by atoms with E-state index < -0.39 is 16.7 Å². The van der Waals surface area contributed by atoms with Gasteiger partial charge in [-0.1, -0.05) is 17.8 Å². The maximum absolute atomic E-state index is 12.7. The van der Waals surface area contributed by atoms with Crippen LogP contribution in [0.1, 0.15) is 15.9 Å². The molecule has 0 atom stereocenters. The van der Waals surface area contributed by atoms with Crippen LogP contribution < -0.4 is 14.9 Å². The van der Waals surface area contributed by atoms with Gasteiger partial charge >= 0.3 is 0 Å². The highest BCUT2D eigenvalue weighted by atomic mass is 32.2. The van der Waals surface area contributed by atoms with Crippen molar-refractivity contribution in [1.29, 1.82) is 0 Å². The van der Waals surface area contributed by atoms with Crippen LogP contribution in [0.15, 0.2) is 47.4 Å². The van der Waals surface area contributed by atoms with E-state index in [9.17, 15) is 19.7 Å². The lowest BCUT2D eigenvalue weighted by molar-refractivity contribution is -0.384.